The number of halogens is 1. The van der Waals surface area contributed by atoms with Gasteiger partial charge in [-0.3, -0.25) is 4.98 Å². The summed E-state index contributed by atoms with van der Waals surface area (Å²) in [6, 6.07) is 6.98. The van der Waals surface area contributed by atoms with Gasteiger partial charge in [-0.1, -0.05) is 32.0 Å². The Bertz CT molecular complexity index is 978. The normalized spacial score (nSPS) is 12.6. The first-order valence-corrected chi connectivity index (χ1v) is 10.5. The van der Waals surface area contributed by atoms with E-state index in [1.807, 2.05) is 19.1 Å². The van der Waals surface area contributed by atoms with Crippen LogP contribution in [0.3, 0.4) is 0 Å². The molecule has 1 atom stereocenters. The van der Waals surface area contributed by atoms with E-state index >= 15 is 0 Å². The number of aliphatic imine (C=N–C) groups is 1. The standard InChI is InChI=1S/C23H30ClN3O5/c1-13(2)6-18-8-17(7-14(3)26-18)23(32-25)27-15(4)16-9-20(24)22(21(10-16)30-5)31-12-19(29)11-28/h7-10,13,19,28-29H,4,6,11-12,25H2,1-3,5H3/t19-/m1/s1. The fourth-order valence-corrected chi connectivity index (χ4v) is 3.25. The average Bonchev–Trinajstić information content (AvgIpc) is 2.74. The quantitative estimate of drug-likeness (QED) is 0.281. The number of aryl methyl sites for hydroxylation is 1. The molecule has 0 aliphatic heterocycles. The van der Waals surface area contributed by atoms with E-state index in [1.54, 1.807) is 12.1 Å². The molecule has 2 aromatic rings. The number of ether oxygens (including phenoxy) is 2. The van der Waals surface area contributed by atoms with Crippen LogP contribution in [-0.2, 0) is 11.3 Å². The molecular weight excluding hydrogens is 434 g/mol. The zero-order valence-corrected chi connectivity index (χ0v) is 19.5. The van der Waals surface area contributed by atoms with Gasteiger partial charge in [0.1, 0.15) is 12.7 Å². The molecule has 1 aromatic heterocycles. The Kier molecular flexibility index (Phi) is 9.46. The van der Waals surface area contributed by atoms with Crippen LogP contribution in [0.2, 0.25) is 5.02 Å². The summed E-state index contributed by atoms with van der Waals surface area (Å²) >= 11 is 6.36. The topological polar surface area (TPSA) is 119 Å². The van der Waals surface area contributed by atoms with Crippen LogP contribution >= 0.6 is 11.6 Å². The van der Waals surface area contributed by atoms with E-state index in [2.05, 4.69) is 30.4 Å². The SMILES string of the molecule is C=C(N=C(ON)c1cc(C)nc(CC(C)C)c1)c1cc(Cl)c(OC[C@H](O)CO)c(OC)c1. The summed E-state index contributed by atoms with van der Waals surface area (Å²) in [7, 11) is 1.46. The molecule has 0 aliphatic rings. The number of pyridine rings is 1. The molecule has 32 heavy (non-hydrogen) atoms. The number of nitrogens with zero attached hydrogens (tertiary/aromatic N) is 2. The van der Waals surface area contributed by atoms with Crippen molar-refractivity contribution in [3.8, 4) is 11.5 Å². The summed E-state index contributed by atoms with van der Waals surface area (Å²) in [5.41, 5.74) is 3.33. The second kappa shape index (κ2) is 11.8. The molecule has 0 amide bonds. The van der Waals surface area contributed by atoms with Crippen LogP contribution in [0.1, 0.15) is 36.4 Å². The van der Waals surface area contributed by atoms with Gasteiger partial charge in [0.15, 0.2) is 11.5 Å². The van der Waals surface area contributed by atoms with E-state index in [-0.39, 0.29) is 23.3 Å². The van der Waals surface area contributed by atoms with Crippen LogP contribution in [0.4, 0.5) is 0 Å². The number of rotatable bonds is 10. The molecule has 174 valence electrons. The maximum atomic E-state index is 9.52. The number of aliphatic hydroxyl groups excluding tert-OH is 2. The summed E-state index contributed by atoms with van der Waals surface area (Å²) in [6.45, 7) is 9.56. The summed E-state index contributed by atoms with van der Waals surface area (Å²) < 4.78 is 10.9. The summed E-state index contributed by atoms with van der Waals surface area (Å²) in [5.74, 6) is 6.71. The highest BCUT2D eigenvalue weighted by atomic mass is 35.5. The van der Waals surface area contributed by atoms with Crippen molar-refractivity contribution >= 4 is 23.2 Å². The lowest BCUT2D eigenvalue weighted by atomic mass is 10.1. The Morgan fingerprint density at radius 3 is 2.56 bits per heavy atom. The van der Waals surface area contributed by atoms with Gasteiger partial charge in [0, 0.05) is 22.5 Å². The molecule has 0 unspecified atom stereocenters. The average molecular weight is 464 g/mol. The number of benzene rings is 1. The van der Waals surface area contributed by atoms with Crippen LogP contribution in [0, 0.1) is 12.8 Å². The predicted molar refractivity (Wildman–Crippen MR) is 125 cm³/mol. The lowest BCUT2D eigenvalue weighted by Gasteiger charge is -2.16. The van der Waals surface area contributed by atoms with Crippen molar-refractivity contribution in [1.29, 1.82) is 0 Å². The molecule has 1 aromatic carbocycles. The molecule has 1 heterocycles. The van der Waals surface area contributed by atoms with Gasteiger partial charge in [0.25, 0.3) is 0 Å². The Morgan fingerprint density at radius 2 is 1.97 bits per heavy atom. The van der Waals surface area contributed by atoms with Crippen LogP contribution in [0.5, 0.6) is 11.5 Å². The second-order valence-corrected chi connectivity index (χ2v) is 8.11. The maximum absolute atomic E-state index is 9.52. The van der Waals surface area contributed by atoms with Crippen molar-refractivity contribution in [2.45, 2.75) is 33.3 Å². The van der Waals surface area contributed by atoms with Crippen molar-refractivity contribution in [2.75, 3.05) is 20.3 Å². The smallest absolute Gasteiger partial charge is 0.245 e. The minimum Gasteiger partial charge on any atom is -0.493 e. The van der Waals surface area contributed by atoms with E-state index in [4.69, 9.17) is 36.9 Å². The molecule has 8 nitrogen and oxygen atoms in total. The summed E-state index contributed by atoms with van der Waals surface area (Å²) in [5, 5.41) is 18.7. The third kappa shape index (κ3) is 6.93. The number of aromatic nitrogens is 1. The third-order valence-electron chi connectivity index (χ3n) is 4.41. The van der Waals surface area contributed by atoms with Gasteiger partial charge in [-0.25, -0.2) is 4.99 Å². The van der Waals surface area contributed by atoms with Crippen molar-refractivity contribution in [3.63, 3.8) is 0 Å². The molecule has 2 rings (SSSR count). The van der Waals surface area contributed by atoms with Crippen LogP contribution in [0.15, 0.2) is 35.8 Å². The molecule has 0 radical (unpaired) electrons. The van der Waals surface area contributed by atoms with Crippen molar-refractivity contribution in [2.24, 2.45) is 16.8 Å². The Balaban J connectivity index is 2.37. The lowest BCUT2D eigenvalue weighted by molar-refractivity contribution is 0.0527. The van der Waals surface area contributed by atoms with Crippen LogP contribution in [0.25, 0.3) is 5.70 Å². The number of hydrogen-bond acceptors (Lipinski definition) is 8. The van der Waals surface area contributed by atoms with Crippen molar-refractivity contribution in [3.05, 3.63) is 58.4 Å². The van der Waals surface area contributed by atoms with Gasteiger partial charge in [0.2, 0.25) is 5.90 Å². The highest BCUT2D eigenvalue weighted by molar-refractivity contribution is 6.32. The van der Waals surface area contributed by atoms with Gasteiger partial charge in [0.05, 0.1) is 24.4 Å². The first-order valence-electron chi connectivity index (χ1n) is 10.1. The first kappa shape index (κ1) is 25.6. The molecule has 0 fully saturated rings. The fraction of sp³-hybridized carbons (Fsp3) is 0.391. The zero-order valence-electron chi connectivity index (χ0n) is 18.8. The van der Waals surface area contributed by atoms with Gasteiger partial charge < -0.3 is 24.5 Å². The number of nitrogens with two attached hydrogens (primary N) is 1. The van der Waals surface area contributed by atoms with Crippen molar-refractivity contribution in [1.82, 2.24) is 4.98 Å². The molecule has 0 bridgehead atoms. The number of hydrogen-bond donors (Lipinski definition) is 3. The lowest BCUT2D eigenvalue weighted by Crippen LogP contribution is -2.21. The number of methoxy groups -OCH3 is 1. The molecule has 0 saturated heterocycles. The van der Waals surface area contributed by atoms with E-state index in [0.717, 1.165) is 17.8 Å². The summed E-state index contributed by atoms with van der Waals surface area (Å²) in [6.07, 6.45) is -0.226. The maximum Gasteiger partial charge on any atom is 0.245 e. The van der Waals surface area contributed by atoms with Gasteiger partial charge in [-0.2, -0.15) is 5.90 Å². The van der Waals surface area contributed by atoms with E-state index in [0.29, 0.717) is 28.5 Å². The van der Waals surface area contributed by atoms with E-state index in [1.165, 1.54) is 7.11 Å². The molecule has 9 heteroatoms. The van der Waals surface area contributed by atoms with Gasteiger partial charge in [-0.05, 0) is 43.5 Å². The largest absolute Gasteiger partial charge is 0.493 e. The van der Waals surface area contributed by atoms with E-state index < -0.39 is 12.7 Å². The second-order valence-electron chi connectivity index (χ2n) is 7.70. The minimum atomic E-state index is -1.04. The van der Waals surface area contributed by atoms with Crippen LogP contribution < -0.4 is 15.4 Å². The zero-order chi connectivity index (χ0) is 23.8. The Labute approximate surface area is 193 Å². The van der Waals surface area contributed by atoms with E-state index in [9.17, 15) is 5.11 Å². The first-order chi connectivity index (χ1) is 15.2. The third-order valence-corrected chi connectivity index (χ3v) is 4.69. The minimum absolute atomic E-state index is 0.143. The van der Waals surface area contributed by atoms with Gasteiger partial charge >= 0.3 is 0 Å². The molecule has 4 N–H and O–H groups in total. The predicted octanol–water partition coefficient (Wildman–Crippen LogP) is 3.29. The highest BCUT2D eigenvalue weighted by Crippen LogP contribution is 2.38. The molecular formula is C23H30ClN3O5. The molecule has 0 spiro atoms. The number of aliphatic hydroxyl groups is 2. The molecule has 0 saturated carbocycles. The Hall–Kier alpha value is -2.65. The van der Waals surface area contributed by atoms with Crippen LogP contribution in [-0.4, -0.2) is 47.5 Å². The molecule has 0 aliphatic carbocycles. The Morgan fingerprint density at radius 1 is 1.25 bits per heavy atom. The van der Waals surface area contributed by atoms with Gasteiger partial charge in [-0.15, -0.1) is 0 Å². The summed E-state index contributed by atoms with van der Waals surface area (Å²) in [4.78, 5) is 14.1. The monoisotopic (exact) mass is 463 g/mol. The fourth-order valence-electron chi connectivity index (χ4n) is 2.99. The highest BCUT2D eigenvalue weighted by Gasteiger charge is 2.16. The van der Waals surface area contributed by atoms with Crippen molar-refractivity contribution < 1.29 is 24.5 Å².